The Morgan fingerprint density at radius 1 is 1.32 bits per heavy atom. The molecule has 0 amide bonds. The van der Waals surface area contributed by atoms with Crippen LogP contribution < -0.4 is 0 Å². The third-order valence-corrected chi connectivity index (χ3v) is 4.09. The molecule has 3 nitrogen and oxygen atoms in total. The van der Waals surface area contributed by atoms with Crippen LogP contribution in [0.3, 0.4) is 0 Å². The zero-order chi connectivity index (χ0) is 13.2. The fraction of sp³-hybridized carbons (Fsp3) is 0.231. The number of nitrogens with zero attached hydrogens (tertiary/aromatic N) is 3. The summed E-state index contributed by atoms with van der Waals surface area (Å²) >= 11 is 13.5. The molecule has 2 aromatic heterocycles. The van der Waals surface area contributed by atoms with Crippen LogP contribution in [-0.4, -0.2) is 20.4 Å². The van der Waals surface area contributed by atoms with Gasteiger partial charge in [0.1, 0.15) is 5.82 Å². The molecule has 0 aliphatic carbocycles. The Hall–Kier alpha value is -1.10. The lowest BCUT2D eigenvalue weighted by atomic mass is 10.3. The second-order valence-electron chi connectivity index (χ2n) is 4.15. The van der Waals surface area contributed by atoms with Crippen molar-refractivity contribution in [3.05, 3.63) is 45.6 Å². The van der Waals surface area contributed by atoms with Crippen LogP contribution in [0.25, 0.3) is 11.0 Å². The number of alkyl halides is 1. The van der Waals surface area contributed by atoms with Crippen LogP contribution in [0.2, 0.25) is 5.02 Å². The van der Waals surface area contributed by atoms with Crippen molar-refractivity contribution < 1.29 is 0 Å². The van der Waals surface area contributed by atoms with E-state index < -0.39 is 0 Å². The minimum absolute atomic E-state index is 0.555. The zero-order valence-corrected chi connectivity index (χ0v) is 12.3. The summed E-state index contributed by atoms with van der Waals surface area (Å²) in [5.74, 6) is 1.54. The van der Waals surface area contributed by atoms with Crippen LogP contribution in [0, 0.1) is 0 Å². The van der Waals surface area contributed by atoms with Gasteiger partial charge in [0.05, 0.1) is 23.1 Å². The van der Waals surface area contributed by atoms with E-state index in [1.807, 2.05) is 29.9 Å². The lowest BCUT2D eigenvalue weighted by molar-refractivity contribution is 0.762. The smallest absolute Gasteiger partial charge is 0.111 e. The number of halogens is 2. The molecule has 98 valence electrons. The van der Waals surface area contributed by atoms with Gasteiger partial charge in [-0.15, -0.1) is 22.9 Å². The second kappa shape index (κ2) is 5.49. The average Bonchev–Trinajstić information content (AvgIpc) is 2.99. The van der Waals surface area contributed by atoms with E-state index >= 15 is 0 Å². The fourth-order valence-corrected chi connectivity index (χ4v) is 3.00. The predicted molar refractivity (Wildman–Crippen MR) is 80.4 cm³/mol. The summed E-state index contributed by atoms with van der Waals surface area (Å²) < 4.78 is 2.18. The van der Waals surface area contributed by atoms with E-state index in [2.05, 4.69) is 14.5 Å². The van der Waals surface area contributed by atoms with Gasteiger partial charge in [0, 0.05) is 28.4 Å². The van der Waals surface area contributed by atoms with Crippen molar-refractivity contribution in [3.63, 3.8) is 0 Å². The number of fused-ring (bicyclic) bond motifs is 1. The van der Waals surface area contributed by atoms with Gasteiger partial charge in [-0.1, -0.05) is 11.6 Å². The number of benzene rings is 1. The van der Waals surface area contributed by atoms with E-state index in [0.29, 0.717) is 10.9 Å². The highest BCUT2D eigenvalue weighted by atomic mass is 35.5. The second-order valence-corrected chi connectivity index (χ2v) is 5.94. The van der Waals surface area contributed by atoms with E-state index in [9.17, 15) is 0 Å². The minimum Gasteiger partial charge on any atom is -0.323 e. The number of thiazole rings is 1. The molecule has 0 saturated heterocycles. The van der Waals surface area contributed by atoms with Crippen LogP contribution in [0.4, 0.5) is 0 Å². The third-order valence-electron chi connectivity index (χ3n) is 2.90. The Labute approximate surface area is 124 Å². The lowest BCUT2D eigenvalue weighted by Crippen LogP contribution is -2.04. The van der Waals surface area contributed by atoms with Crippen molar-refractivity contribution in [2.45, 2.75) is 13.0 Å². The van der Waals surface area contributed by atoms with Gasteiger partial charge in [0.15, 0.2) is 0 Å². The van der Waals surface area contributed by atoms with Crippen LogP contribution in [-0.2, 0) is 13.0 Å². The van der Waals surface area contributed by atoms with Crippen molar-refractivity contribution in [1.29, 1.82) is 0 Å². The average molecular weight is 312 g/mol. The molecule has 0 N–H and O–H groups in total. The Bertz CT molecular complexity index is 691. The molecular weight excluding hydrogens is 301 g/mol. The van der Waals surface area contributed by atoms with Crippen molar-refractivity contribution >= 4 is 45.6 Å². The van der Waals surface area contributed by atoms with Crippen LogP contribution >= 0.6 is 34.5 Å². The maximum absolute atomic E-state index is 6.02. The van der Waals surface area contributed by atoms with Crippen molar-refractivity contribution in [1.82, 2.24) is 14.5 Å². The maximum Gasteiger partial charge on any atom is 0.111 e. The van der Waals surface area contributed by atoms with Crippen molar-refractivity contribution in [3.8, 4) is 0 Å². The summed E-state index contributed by atoms with van der Waals surface area (Å²) in [6.45, 7) is 0.773. The van der Waals surface area contributed by atoms with Crippen LogP contribution in [0.5, 0.6) is 0 Å². The highest BCUT2D eigenvalue weighted by Gasteiger charge is 2.11. The number of rotatable bonds is 4. The summed E-state index contributed by atoms with van der Waals surface area (Å²) in [5.41, 5.74) is 3.84. The van der Waals surface area contributed by atoms with Gasteiger partial charge in [-0.3, -0.25) is 4.98 Å². The first kappa shape index (κ1) is 12.9. The van der Waals surface area contributed by atoms with Crippen molar-refractivity contribution in [2.75, 3.05) is 5.88 Å². The van der Waals surface area contributed by atoms with Gasteiger partial charge in [0.25, 0.3) is 0 Å². The molecule has 0 radical (unpaired) electrons. The number of hydrogen-bond acceptors (Lipinski definition) is 3. The molecule has 0 aliphatic heterocycles. The first-order valence-electron chi connectivity index (χ1n) is 5.86. The van der Waals surface area contributed by atoms with Gasteiger partial charge >= 0.3 is 0 Å². The Kier molecular flexibility index (Phi) is 3.73. The first-order valence-corrected chi connectivity index (χ1v) is 7.65. The summed E-state index contributed by atoms with van der Waals surface area (Å²) in [6.07, 6.45) is 2.63. The van der Waals surface area contributed by atoms with E-state index in [-0.39, 0.29) is 0 Å². The number of aryl methyl sites for hydroxylation is 1. The molecule has 3 aromatic rings. The fourth-order valence-electron chi connectivity index (χ4n) is 2.08. The number of hydrogen-bond donors (Lipinski definition) is 0. The number of imidazole rings is 1. The molecule has 0 saturated carbocycles. The highest BCUT2D eigenvalue weighted by molar-refractivity contribution is 7.09. The molecule has 0 aliphatic rings. The molecule has 1 aromatic carbocycles. The predicted octanol–water partition coefficient (Wildman–Crippen LogP) is 3.98. The van der Waals surface area contributed by atoms with E-state index in [0.717, 1.165) is 29.8 Å². The van der Waals surface area contributed by atoms with Crippen LogP contribution in [0.15, 0.2) is 29.9 Å². The van der Waals surface area contributed by atoms with Crippen LogP contribution in [0.1, 0.15) is 10.7 Å². The monoisotopic (exact) mass is 311 g/mol. The molecule has 19 heavy (non-hydrogen) atoms. The largest absolute Gasteiger partial charge is 0.323 e. The summed E-state index contributed by atoms with van der Waals surface area (Å²) in [6, 6.07) is 5.78. The molecule has 0 atom stereocenters. The lowest BCUT2D eigenvalue weighted by Gasteiger charge is -2.06. The standard InChI is InChI=1S/C13H11Cl2N3S/c14-4-3-13-17-11-5-9(15)1-2-12(11)18(13)7-10-6-16-8-19-10/h1-2,5-6,8H,3-4,7H2. The van der Waals surface area contributed by atoms with E-state index in [4.69, 9.17) is 23.2 Å². The molecule has 2 heterocycles. The zero-order valence-electron chi connectivity index (χ0n) is 10.0. The normalized spacial score (nSPS) is 11.3. The van der Waals surface area contributed by atoms with Gasteiger partial charge in [-0.25, -0.2) is 4.98 Å². The molecule has 6 heteroatoms. The molecular formula is C13H11Cl2N3S. The quantitative estimate of drug-likeness (QED) is 0.682. The maximum atomic E-state index is 6.02. The van der Waals surface area contributed by atoms with Gasteiger partial charge in [-0.2, -0.15) is 0 Å². The van der Waals surface area contributed by atoms with Gasteiger partial charge < -0.3 is 4.57 Å². The molecule has 3 rings (SSSR count). The third kappa shape index (κ3) is 2.61. The topological polar surface area (TPSA) is 30.7 Å². The van der Waals surface area contributed by atoms with Crippen molar-refractivity contribution in [2.24, 2.45) is 0 Å². The van der Waals surface area contributed by atoms with Gasteiger partial charge in [-0.05, 0) is 18.2 Å². The molecule has 0 unspecified atom stereocenters. The molecule has 0 bridgehead atoms. The van der Waals surface area contributed by atoms with Gasteiger partial charge in [0.2, 0.25) is 0 Å². The minimum atomic E-state index is 0.555. The highest BCUT2D eigenvalue weighted by Crippen LogP contribution is 2.23. The Balaban J connectivity index is 2.10. The summed E-state index contributed by atoms with van der Waals surface area (Å²) in [7, 11) is 0. The summed E-state index contributed by atoms with van der Waals surface area (Å²) in [4.78, 5) is 9.93. The molecule has 0 spiro atoms. The first-order chi connectivity index (χ1) is 9.28. The van der Waals surface area contributed by atoms with E-state index in [1.165, 1.54) is 4.88 Å². The molecule has 0 fully saturated rings. The SMILES string of the molecule is ClCCc1nc2cc(Cl)ccc2n1Cc1cncs1. The Morgan fingerprint density at radius 3 is 2.95 bits per heavy atom. The Morgan fingerprint density at radius 2 is 2.21 bits per heavy atom. The summed E-state index contributed by atoms with van der Waals surface area (Å²) in [5, 5.41) is 0.701. The number of aromatic nitrogens is 3. The van der Waals surface area contributed by atoms with E-state index in [1.54, 1.807) is 11.3 Å².